The van der Waals surface area contributed by atoms with Crippen LogP contribution in [0.1, 0.15) is 37.8 Å². The van der Waals surface area contributed by atoms with Crippen LogP contribution in [0.25, 0.3) is 0 Å². The molecule has 22 heavy (non-hydrogen) atoms. The third kappa shape index (κ3) is 4.52. The highest BCUT2D eigenvalue weighted by atomic mass is 16.5. The molecule has 0 aliphatic carbocycles. The van der Waals surface area contributed by atoms with Gasteiger partial charge in [-0.15, -0.1) is 0 Å². The molecular weight excluding hydrogens is 270 g/mol. The molecule has 2 rings (SSSR count). The fourth-order valence-corrected chi connectivity index (χ4v) is 2.63. The fraction of sp³-hybridized carbons (Fsp3) is 0.400. The molecule has 1 unspecified atom stereocenters. The topological polar surface area (TPSA) is 21.3 Å². The molecule has 2 heteroatoms. The molecule has 0 saturated carbocycles. The third-order valence-electron chi connectivity index (χ3n) is 3.90. The third-order valence-corrected chi connectivity index (χ3v) is 3.90. The van der Waals surface area contributed by atoms with Crippen LogP contribution >= 0.6 is 0 Å². The number of nitrogens with one attached hydrogen (secondary N) is 1. The van der Waals surface area contributed by atoms with Crippen molar-refractivity contribution >= 4 is 5.69 Å². The first kappa shape index (κ1) is 16.4. The van der Waals surface area contributed by atoms with E-state index in [-0.39, 0.29) is 0 Å². The molecule has 0 bridgehead atoms. The van der Waals surface area contributed by atoms with Gasteiger partial charge in [0, 0.05) is 6.54 Å². The van der Waals surface area contributed by atoms with Crippen LogP contribution in [-0.4, -0.2) is 13.7 Å². The number of anilines is 1. The molecule has 1 atom stereocenters. The average Bonchev–Trinajstić information content (AvgIpc) is 2.53. The Morgan fingerprint density at radius 1 is 0.955 bits per heavy atom. The molecule has 0 aliphatic heterocycles. The molecule has 2 nitrogen and oxygen atoms in total. The van der Waals surface area contributed by atoms with Gasteiger partial charge in [-0.25, -0.2) is 0 Å². The second-order valence-electron chi connectivity index (χ2n) is 6.32. The van der Waals surface area contributed by atoms with Crippen molar-refractivity contribution in [2.24, 2.45) is 5.92 Å². The van der Waals surface area contributed by atoms with Crippen molar-refractivity contribution in [1.82, 2.24) is 0 Å². The molecular formula is C20H27NO. The number of benzene rings is 2. The quantitative estimate of drug-likeness (QED) is 0.767. The predicted molar refractivity (Wildman–Crippen MR) is 94.9 cm³/mol. The SMILES string of the molecule is COc1ccccc1NCC(C)c1ccc(CC(C)C)cc1. The second kappa shape index (κ2) is 7.88. The number of hydrogen-bond acceptors (Lipinski definition) is 2. The predicted octanol–water partition coefficient (Wildman–Crippen LogP) is 5.11. The van der Waals surface area contributed by atoms with Gasteiger partial charge in [0.25, 0.3) is 0 Å². The lowest BCUT2D eigenvalue weighted by Crippen LogP contribution is -2.10. The number of methoxy groups -OCH3 is 1. The minimum Gasteiger partial charge on any atom is -0.495 e. The molecule has 2 aromatic rings. The summed E-state index contributed by atoms with van der Waals surface area (Å²) in [6.45, 7) is 7.66. The van der Waals surface area contributed by atoms with Crippen LogP contribution in [0.5, 0.6) is 5.75 Å². The fourth-order valence-electron chi connectivity index (χ4n) is 2.63. The normalized spacial score (nSPS) is 12.2. The van der Waals surface area contributed by atoms with Crippen LogP contribution in [0.4, 0.5) is 5.69 Å². The Bertz CT molecular complexity index is 575. The first-order valence-corrected chi connectivity index (χ1v) is 8.06. The molecule has 0 aromatic heterocycles. The summed E-state index contributed by atoms with van der Waals surface area (Å²) in [5.74, 6) is 2.05. The van der Waals surface area contributed by atoms with E-state index < -0.39 is 0 Å². The van der Waals surface area contributed by atoms with Crippen molar-refractivity contribution in [3.63, 3.8) is 0 Å². The molecule has 0 spiro atoms. The van der Waals surface area contributed by atoms with Gasteiger partial charge in [0.2, 0.25) is 0 Å². The average molecular weight is 297 g/mol. The van der Waals surface area contributed by atoms with E-state index in [0.29, 0.717) is 11.8 Å². The standard InChI is InChI=1S/C20H27NO/c1-15(2)13-17-9-11-18(12-10-17)16(3)14-21-19-7-5-6-8-20(19)22-4/h5-12,15-16,21H,13-14H2,1-4H3. The lowest BCUT2D eigenvalue weighted by atomic mass is 9.96. The maximum Gasteiger partial charge on any atom is 0.141 e. The molecule has 2 aromatic carbocycles. The Morgan fingerprint density at radius 3 is 2.27 bits per heavy atom. The zero-order chi connectivity index (χ0) is 15.9. The van der Waals surface area contributed by atoms with Gasteiger partial charge >= 0.3 is 0 Å². The summed E-state index contributed by atoms with van der Waals surface area (Å²) in [5, 5.41) is 3.48. The molecule has 0 saturated heterocycles. The van der Waals surface area contributed by atoms with E-state index in [0.717, 1.165) is 24.4 Å². The largest absolute Gasteiger partial charge is 0.495 e. The van der Waals surface area contributed by atoms with E-state index in [1.54, 1.807) is 7.11 Å². The van der Waals surface area contributed by atoms with Crippen molar-refractivity contribution in [1.29, 1.82) is 0 Å². The monoisotopic (exact) mass is 297 g/mol. The second-order valence-corrected chi connectivity index (χ2v) is 6.32. The molecule has 0 radical (unpaired) electrons. The van der Waals surface area contributed by atoms with Gasteiger partial charge in [-0.1, -0.05) is 57.2 Å². The first-order chi connectivity index (χ1) is 10.6. The zero-order valence-electron chi connectivity index (χ0n) is 14.1. The van der Waals surface area contributed by atoms with Crippen molar-refractivity contribution in [3.8, 4) is 5.75 Å². The van der Waals surface area contributed by atoms with E-state index in [1.165, 1.54) is 11.1 Å². The summed E-state index contributed by atoms with van der Waals surface area (Å²) in [5.41, 5.74) is 3.84. The van der Waals surface area contributed by atoms with Gasteiger partial charge in [-0.05, 0) is 41.5 Å². The minimum absolute atomic E-state index is 0.456. The van der Waals surface area contributed by atoms with Gasteiger partial charge in [0.05, 0.1) is 12.8 Å². The molecule has 118 valence electrons. The van der Waals surface area contributed by atoms with Crippen LogP contribution in [0, 0.1) is 5.92 Å². The van der Waals surface area contributed by atoms with Crippen LogP contribution in [0.2, 0.25) is 0 Å². The smallest absolute Gasteiger partial charge is 0.141 e. The Balaban J connectivity index is 1.95. The molecule has 0 fully saturated rings. The Morgan fingerprint density at radius 2 is 1.64 bits per heavy atom. The van der Waals surface area contributed by atoms with E-state index in [2.05, 4.69) is 56.4 Å². The van der Waals surface area contributed by atoms with Gasteiger partial charge in [0.15, 0.2) is 0 Å². The number of para-hydroxylation sites is 2. The molecule has 0 heterocycles. The van der Waals surface area contributed by atoms with Crippen molar-refractivity contribution in [2.75, 3.05) is 19.0 Å². The number of hydrogen-bond donors (Lipinski definition) is 1. The van der Waals surface area contributed by atoms with Crippen molar-refractivity contribution in [2.45, 2.75) is 33.1 Å². The Labute approximate surface area is 134 Å². The maximum atomic E-state index is 5.37. The summed E-state index contributed by atoms with van der Waals surface area (Å²) in [6.07, 6.45) is 1.15. The Hall–Kier alpha value is -1.96. The van der Waals surface area contributed by atoms with Crippen molar-refractivity contribution in [3.05, 3.63) is 59.7 Å². The highest BCUT2D eigenvalue weighted by molar-refractivity contribution is 5.56. The van der Waals surface area contributed by atoms with Crippen LogP contribution < -0.4 is 10.1 Å². The van der Waals surface area contributed by atoms with E-state index >= 15 is 0 Å². The summed E-state index contributed by atoms with van der Waals surface area (Å²) < 4.78 is 5.37. The molecule has 0 amide bonds. The van der Waals surface area contributed by atoms with Gasteiger partial charge in [0.1, 0.15) is 5.75 Å². The number of ether oxygens (including phenoxy) is 1. The number of rotatable bonds is 7. The van der Waals surface area contributed by atoms with E-state index in [9.17, 15) is 0 Å². The van der Waals surface area contributed by atoms with Crippen LogP contribution in [0.3, 0.4) is 0 Å². The van der Waals surface area contributed by atoms with Gasteiger partial charge in [-0.2, -0.15) is 0 Å². The van der Waals surface area contributed by atoms with Crippen LogP contribution in [0.15, 0.2) is 48.5 Å². The van der Waals surface area contributed by atoms with E-state index in [4.69, 9.17) is 4.74 Å². The summed E-state index contributed by atoms with van der Waals surface area (Å²) in [7, 11) is 1.71. The maximum absolute atomic E-state index is 5.37. The van der Waals surface area contributed by atoms with Crippen LogP contribution in [-0.2, 0) is 6.42 Å². The lowest BCUT2D eigenvalue weighted by Gasteiger charge is -2.16. The van der Waals surface area contributed by atoms with Gasteiger partial charge < -0.3 is 10.1 Å². The summed E-state index contributed by atoms with van der Waals surface area (Å²) >= 11 is 0. The van der Waals surface area contributed by atoms with E-state index in [1.807, 2.05) is 18.2 Å². The molecule has 1 N–H and O–H groups in total. The lowest BCUT2D eigenvalue weighted by molar-refractivity contribution is 0.416. The Kier molecular flexibility index (Phi) is 5.88. The molecule has 0 aliphatic rings. The zero-order valence-corrected chi connectivity index (χ0v) is 14.1. The highest BCUT2D eigenvalue weighted by Crippen LogP contribution is 2.25. The van der Waals surface area contributed by atoms with Crippen molar-refractivity contribution < 1.29 is 4.74 Å². The van der Waals surface area contributed by atoms with Gasteiger partial charge in [-0.3, -0.25) is 0 Å². The highest BCUT2D eigenvalue weighted by Gasteiger charge is 2.08. The first-order valence-electron chi connectivity index (χ1n) is 8.06. The minimum atomic E-state index is 0.456. The summed E-state index contributed by atoms with van der Waals surface area (Å²) in [6, 6.07) is 17.1. The summed E-state index contributed by atoms with van der Waals surface area (Å²) in [4.78, 5) is 0.